The summed E-state index contributed by atoms with van der Waals surface area (Å²) in [4.78, 5) is 19.1. The van der Waals surface area contributed by atoms with Gasteiger partial charge in [-0.05, 0) is 66.4 Å². The molecule has 4 rings (SSSR count). The number of hydrazone groups is 1. The Morgan fingerprint density at radius 2 is 1.74 bits per heavy atom. The van der Waals surface area contributed by atoms with E-state index < -0.39 is 20.8 Å². The minimum atomic E-state index is -4.70. The molecule has 0 fully saturated rings. The van der Waals surface area contributed by atoms with Gasteiger partial charge in [0, 0.05) is 29.1 Å². The predicted molar refractivity (Wildman–Crippen MR) is 156 cm³/mol. The number of carbonyl (C=O) groups excluding carboxylic acids is 1. The summed E-state index contributed by atoms with van der Waals surface area (Å²) in [5.74, 6) is -0.522. The number of carbonyl (C=O) groups is 1. The van der Waals surface area contributed by atoms with Crippen LogP contribution in [0.3, 0.4) is 0 Å². The number of azo groups is 1. The molecule has 0 aliphatic rings. The molecule has 1 aromatic heterocycles. The number of nitrogens with two attached hydrogens (primary N) is 1. The second kappa shape index (κ2) is 15.1. The molecule has 0 saturated carbocycles. The van der Waals surface area contributed by atoms with Gasteiger partial charge >= 0.3 is 0 Å². The molecular formula is C26H25ClCuN8O6S. The fourth-order valence-electron chi connectivity index (χ4n) is 3.63. The number of aromatic hydroxyl groups is 2. The van der Waals surface area contributed by atoms with Gasteiger partial charge < -0.3 is 20.7 Å². The summed E-state index contributed by atoms with van der Waals surface area (Å²) in [6.45, 7) is 5.40. The van der Waals surface area contributed by atoms with E-state index in [1.807, 2.05) is 25.8 Å². The third-order valence-electron chi connectivity index (χ3n) is 5.49. The summed E-state index contributed by atoms with van der Waals surface area (Å²) in [6.07, 6.45) is 0.234. The zero-order valence-electron chi connectivity index (χ0n) is 22.5. The number of halogens is 1. The Hall–Kier alpha value is -4.47. The van der Waals surface area contributed by atoms with E-state index in [9.17, 15) is 23.2 Å². The maximum atomic E-state index is 11.7. The van der Waals surface area contributed by atoms with Crippen molar-refractivity contribution in [2.45, 2.75) is 25.2 Å². The number of phenols is 2. The molecule has 229 valence electrons. The quantitative estimate of drug-likeness (QED) is 0.0352. The topological polar surface area (TPSA) is 226 Å². The predicted octanol–water partition coefficient (Wildman–Crippen LogP) is 4.34. The fraction of sp³-hybridized carbons (Fsp3) is 0.115. The molecule has 43 heavy (non-hydrogen) atoms. The van der Waals surface area contributed by atoms with Gasteiger partial charge in [0.2, 0.25) is 17.1 Å². The molecule has 0 atom stereocenters. The molecule has 0 unspecified atom stereocenters. The van der Waals surface area contributed by atoms with Crippen LogP contribution in [0, 0.1) is 13.8 Å². The Kier molecular flexibility index (Phi) is 12.2. The summed E-state index contributed by atoms with van der Waals surface area (Å²) in [7, 11) is -4.70. The van der Waals surface area contributed by atoms with E-state index in [2.05, 4.69) is 35.7 Å². The number of aromatic nitrogens is 3. The third-order valence-corrected chi connectivity index (χ3v) is 6.53. The maximum Gasteiger partial charge on any atom is 0.298 e. The molecule has 6 N–H and O–H groups in total. The van der Waals surface area contributed by atoms with Gasteiger partial charge in [0.15, 0.2) is 5.75 Å². The largest absolute Gasteiger partial charge is 0.506 e. The van der Waals surface area contributed by atoms with Crippen molar-refractivity contribution in [3.63, 3.8) is 0 Å². The van der Waals surface area contributed by atoms with Crippen molar-refractivity contribution in [2.75, 3.05) is 11.2 Å². The van der Waals surface area contributed by atoms with Crippen LogP contribution in [0.2, 0.25) is 5.28 Å². The van der Waals surface area contributed by atoms with Crippen LogP contribution in [-0.2, 0) is 38.4 Å². The van der Waals surface area contributed by atoms with Crippen LogP contribution >= 0.6 is 11.6 Å². The number of rotatable bonds is 7. The molecule has 14 nitrogen and oxygen atoms in total. The van der Waals surface area contributed by atoms with Crippen LogP contribution in [0.25, 0.3) is 0 Å². The zero-order valence-corrected chi connectivity index (χ0v) is 25.0. The van der Waals surface area contributed by atoms with Crippen molar-refractivity contribution >= 4 is 51.7 Å². The van der Waals surface area contributed by atoms with Crippen LogP contribution in [-0.4, -0.2) is 50.8 Å². The number of nitrogen functional groups attached to an aromatic ring is 1. The van der Waals surface area contributed by atoms with Crippen molar-refractivity contribution in [1.29, 1.82) is 0 Å². The number of aryl methyl sites for hydroxylation is 2. The van der Waals surface area contributed by atoms with Crippen molar-refractivity contribution in [1.82, 2.24) is 15.0 Å². The Morgan fingerprint density at radius 1 is 1.05 bits per heavy atom. The molecule has 0 saturated heterocycles. The van der Waals surface area contributed by atoms with Crippen LogP contribution in [0.15, 0.2) is 74.8 Å². The number of anilines is 2. The SMILES string of the molecule is C=O.Cc1cc(N=N/C(=N\Nc2ccc(Cc3nc(N)nc(Cl)n3)cc2O)c2ccccc2C)c(O)c(S(=O)(=O)O)c1.[Cu]. The first-order valence-electron chi connectivity index (χ1n) is 11.8. The van der Waals surface area contributed by atoms with Gasteiger partial charge in [0.1, 0.15) is 28.9 Å². The number of benzene rings is 3. The first-order chi connectivity index (χ1) is 19.9. The van der Waals surface area contributed by atoms with Gasteiger partial charge in [-0.1, -0.05) is 30.3 Å². The van der Waals surface area contributed by atoms with Gasteiger partial charge in [0.25, 0.3) is 10.1 Å². The minimum Gasteiger partial charge on any atom is -0.506 e. The molecular weight excluding hydrogens is 651 g/mol. The van der Waals surface area contributed by atoms with Crippen molar-refractivity contribution in [3.8, 4) is 11.5 Å². The summed E-state index contributed by atoms with van der Waals surface area (Å²) in [5, 5.41) is 33.4. The Labute approximate surface area is 262 Å². The van der Waals surface area contributed by atoms with E-state index >= 15 is 0 Å². The zero-order chi connectivity index (χ0) is 31.0. The van der Waals surface area contributed by atoms with E-state index in [-0.39, 0.29) is 57.7 Å². The Bertz CT molecular complexity index is 1770. The minimum absolute atomic E-state index is 0. The number of hydrogen-bond acceptors (Lipinski definition) is 12. The van der Waals surface area contributed by atoms with Gasteiger partial charge in [-0.2, -0.15) is 23.5 Å². The molecule has 0 spiro atoms. The summed E-state index contributed by atoms with van der Waals surface area (Å²) >= 11 is 5.83. The van der Waals surface area contributed by atoms with Crippen LogP contribution in [0.1, 0.15) is 28.1 Å². The number of amidine groups is 1. The van der Waals surface area contributed by atoms with Gasteiger partial charge in [-0.25, -0.2) is 4.98 Å². The fourth-order valence-corrected chi connectivity index (χ4v) is 4.49. The third kappa shape index (κ3) is 9.26. The monoisotopic (exact) mass is 675 g/mol. The second-order valence-electron chi connectivity index (χ2n) is 8.58. The molecule has 0 bridgehead atoms. The summed E-state index contributed by atoms with van der Waals surface area (Å²) in [5.41, 5.74) is 10.9. The van der Waals surface area contributed by atoms with E-state index in [0.717, 1.165) is 11.6 Å². The normalized spacial score (nSPS) is 11.4. The molecule has 1 heterocycles. The molecule has 0 aliphatic heterocycles. The number of nitrogens with one attached hydrogen (secondary N) is 1. The molecule has 17 heteroatoms. The van der Waals surface area contributed by atoms with Crippen LogP contribution in [0.4, 0.5) is 17.3 Å². The maximum absolute atomic E-state index is 11.7. The number of phenolic OH excluding ortho intramolecular Hbond substituents is 2. The van der Waals surface area contributed by atoms with Crippen LogP contribution in [0.5, 0.6) is 11.5 Å². The molecule has 3 aromatic carbocycles. The first-order valence-corrected chi connectivity index (χ1v) is 13.6. The number of hydrogen-bond donors (Lipinski definition) is 5. The average Bonchev–Trinajstić information content (AvgIpc) is 2.92. The smallest absolute Gasteiger partial charge is 0.298 e. The van der Waals surface area contributed by atoms with E-state index in [1.54, 1.807) is 31.2 Å². The number of nitrogens with zero attached hydrogens (tertiary/aromatic N) is 6. The van der Waals surface area contributed by atoms with E-state index in [1.165, 1.54) is 12.1 Å². The van der Waals surface area contributed by atoms with Crippen molar-refractivity contribution in [3.05, 3.63) is 88.0 Å². The Morgan fingerprint density at radius 3 is 2.37 bits per heavy atom. The summed E-state index contributed by atoms with van der Waals surface area (Å²) < 4.78 is 32.7. The van der Waals surface area contributed by atoms with E-state index in [0.29, 0.717) is 22.5 Å². The van der Waals surface area contributed by atoms with Crippen molar-refractivity contribution < 1.29 is 45.0 Å². The Balaban J connectivity index is 0.00000211. The molecule has 1 radical (unpaired) electrons. The summed E-state index contributed by atoms with van der Waals surface area (Å²) in [6, 6.07) is 14.4. The van der Waals surface area contributed by atoms with Crippen molar-refractivity contribution in [2.24, 2.45) is 15.3 Å². The molecule has 4 aromatic rings. The van der Waals surface area contributed by atoms with Gasteiger partial charge in [-0.3, -0.25) is 9.98 Å². The molecule has 0 aliphatic carbocycles. The first kappa shape index (κ1) is 34.7. The van der Waals surface area contributed by atoms with Gasteiger partial charge in [-0.15, -0.1) is 10.2 Å². The standard InChI is InChI=1S/C25H23ClN8O5S.CH2O.Cu/c1-13-9-18(22(36)20(10-13)40(37,38)39)32-34-23(16-6-4-3-5-14(16)2)33-31-17-8-7-15(11-19(17)35)12-21-28-24(26)30-25(27)29-21;1-2;/h3-11,31,35-36H,12H2,1-2H3,(H,37,38,39)(H2,27,28,29,30);1H2;/b33-23-,34-32?;;. The second-order valence-corrected chi connectivity index (χ2v) is 10.3. The van der Waals surface area contributed by atoms with E-state index in [4.69, 9.17) is 22.1 Å². The van der Waals surface area contributed by atoms with Gasteiger partial charge in [0.05, 0.1) is 5.69 Å². The van der Waals surface area contributed by atoms with Crippen LogP contribution < -0.4 is 11.2 Å². The average molecular weight is 677 g/mol. The molecule has 0 amide bonds.